The zero-order valence-corrected chi connectivity index (χ0v) is 15.4. The van der Waals surface area contributed by atoms with Crippen LogP contribution in [0.3, 0.4) is 0 Å². The van der Waals surface area contributed by atoms with Crippen LogP contribution < -0.4 is 0 Å². The second-order valence-electron chi connectivity index (χ2n) is 6.35. The molecular weight excluding hydrogens is 363 g/mol. The molecule has 1 aromatic heterocycles. The van der Waals surface area contributed by atoms with Gasteiger partial charge in [0.15, 0.2) is 11.6 Å². The van der Waals surface area contributed by atoms with Gasteiger partial charge in [0.25, 0.3) is 0 Å². The smallest absolute Gasteiger partial charge is 0.236 e. The monoisotopic (exact) mass is 383 g/mol. The first-order valence-corrected chi connectivity index (χ1v) is 9.74. The van der Waals surface area contributed by atoms with Crippen molar-refractivity contribution < 1.29 is 18.0 Å². The van der Waals surface area contributed by atoms with Gasteiger partial charge in [0.05, 0.1) is 23.2 Å². The van der Waals surface area contributed by atoms with Crippen LogP contribution in [-0.2, 0) is 4.79 Å². The van der Waals surface area contributed by atoms with Gasteiger partial charge in [-0.1, -0.05) is 0 Å². The molecule has 2 aromatic rings. The lowest BCUT2D eigenvalue weighted by Crippen LogP contribution is -2.42. The fourth-order valence-electron chi connectivity index (χ4n) is 3.19. The Kier molecular flexibility index (Phi) is 5.60. The van der Waals surface area contributed by atoms with Crippen molar-refractivity contribution in [3.8, 4) is 11.3 Å². The van der Waals surface area contributed by atoms with Crippen LogP contribution in [-0.4, -0.2) is 38.8 Å². The lowest BCUT2D eigenvalue weighted by Gasteiger charge is -2.36. The molecule has 2 unspecified atom stereocenters. The highest BCUT2D eigenvalue weighted by Gasteiger charge is 2.32. The molecule has 1 N–H and O–H groups in total. The molecule has 0 aliphatic carbocycles. The Labute approximate surface area is 154 Å². The molecule has 8 heteroatoms. The largest absolute Gasteiger partial charge is 0.340 e. The Hall–Kier alpha value is -1.96. The molecule has 0 bridgehead atoms. The molecule has 2 atom stereocenters. The predicted octanol–water partition coefficient (Wildman–Crippen LogP) is 4.30. The summed E-state index contributed by atoms with van der Waals surface area (Å²) < 4.78 is 40.6. The molecule has 1 aliphatic rings. The van der Waals surface area contributed by atoms with Crippen LogP contribution in [0.25, 0.3) is 11.3 Å². The lowest BCUT2D eigenvalue weighted by molar-refractivity contribution is -0.134. The summed E-state index contributed by atoms with van der Waals surface area (Å²) in [7, 11) is 0. The van der Waals surface area contributed by atoms with E-state index in [1.807, 2.05) is 13.2 Å². The quantitative estimate of drug-likeness (QED) is 0.801. The average molecular weight is 383 g/mol. The molecule has 140 valence electrons. The van der Waals surface area contributed by atoms with Crippen molar-refractivity contribution in [2.75, 3.05) is 12.8 Å². The Morgan fingerprint density at radius 3 is 2.73 bits per heavy atom. The van der Waals surface area contributed by atoms with Crippen molar-refractivity contribution in [3.63, 3.8) is 0 Å². The highest BCUT2D eigenvalue weighted by atomic mass is 32.2. The molecular formula is C18H20F3N3OS. The number of carbonyl (C=O) groups is 1. The van der Waals surface area contributed by atoms with Crippen molar-refractivity contribution in [3.05, 3.63) is 41.6 Å². The third-order valence-corrected chi connectivity index (χ3v) is 5.61. The van der Waals surface area contributed by atoms with Gasteiger partial charge in [-0.15, -0.1) is 0 Å². The number of hydrogen-bond acceptors (Lipinski definition) is 3. The van der Waals surface area contributed by atoms with Crippen molar-refractivity contribution >= 4 is 17.7 Å². The number of nitrogens with zero attached hydrogens (tertiary/aromatic N) is 2. The van der Waals surface area contributed by atoms with Crippen LogP contribution in [0.5, 0.6) is 0 Å². The number of nitrogens with one attached hydrogen (secondary N) is 1. The number of amides is 1. The first-order chi connectivity index (χ1) is 12.4. The van der Waals surface area contributed by atoms with Crippen molar-refractivity contribution in [2.24, 2.45) is 0 Å². The van der Waals surface area contributed by atoms with E-state index in [0.29, 0.717) is 18.4 Å². The van der Waals surface area contributed by atoms with Gasteiger partial charge in [-0.25, -0.2) is 18.2 Å². The van der Waals surface area contributed by atoms with Gasteiger partial charge in [0.2, 0.25) is 5.91 Å². The molecule has 1 aliphatic heterocycles. The van der Waals surface area contributed by atoms with Crippen LogP contribution in [0, 0.1) is 17.5 Å². The molecule has 1 saturated heterocycles. The van der Waals surface area contributed by atoms with Gasteiger partial charge in [-0.05, 0) is 38.5 Å². The minimum Gasteiger partial charge on any atom is -0.340 e. The van der Waals surface area contributed by atoms with Crippen LogP contribution in [0.1, 0.15) is 38.1 Å². The summed E-state index contributed by atoms with van der Waals surface area (Å²) in [5.74, 6) is -2.65. The zero-order valence-electron chi connectivity index (χ0n) is 14.6. The normalized spacial score (nSPS) is 18.8. The number of H-pyrrole nitrogens is 1. The van der Waals surface area contributed by atoms with E-state index in [4.69, 9.17) is 0 Å². The van der Waals surface area contributed by atoms with E-state index in [0.717, 1.165) is 25.3 Å². The van der Waals surface area contributed by atoms with Crippen LogP contribution in [0.2, 0.25) is 0 Å². The van der Waals surface area contributed by atoms with Crippen LogP contribution in [0.15, 0.2) is 18.3 Å². The Morgan fingerprint density at radius 1 is 1.27 bits per heavy atom. The summed E-state index contributed by atoms with van der Waals surface area (Å²) in [5, 5.41) is -0.159. The molecule has 2 heterocycles. The number of aromatic amines is 1. The summed E-state index contributed by atoms with van der Waals surface area (Å²) >= 11 is 1.48. The SMILES string of the molecule is CSC(C)C(=O)N1CCCCC1c1ncc(-c2cc(F)c(F)cc2F)[nH]1. The fraction of sp³-hybridized carbons (Fsp3) is 0.444. The number of piperidine rings is 1. The van der Waals surface area contributed by atoms with Crippen LogP contribution in [0.4, 0.5) is 13.2 Å². The maximum atomic E-state index is 14.0. The van der Waals surface area contributed by atoms with E-state index < -0.39 is 17.5 Å². The number of likely N-dealkylation sites (tertiary alicyclic amines) is 1. The van der Waals surface area contributed by atoms with E-state index in [2.05, 4.69) is 9.97 Å². The third kappa shape index (κ3) is 3.60. The van der Waals surface area contributed by atoms with E-state index >= 15 is 0 Å². The summed E-state index contributed by atoms with van der Waals surface area (Å²) in [5.41, 5.74) is 0.168. The second-order valence-corrected chi connectivity index (χ2v) is 7.53. The molecule has 0 radical (unpaired) electrons. The van der Waals surface area contributed by atoms with Gasteiger partial charge in [-0.2, -0.15) is 11.8 Å². The number of rotatable bonds is 4. The summed E-state index contributed by atoms with van der Waals surface area (Å²) in [6.07, 6.45) is 5.91. The molecule has 3 rings (SSSR count). The van der Waals surface area contributed by atoms with E-state index in [-0.39, 0.29) is 28.5 Å². The summed E-state index contributed by atoms with van der Waals surface area (Å²) in [6.45, 7) is 2.51. The number of benzene rings is 1. The Bertz CT molecular complexity index is 811. The van der Waals surface area contributed by atoms with Crippen molar-refractivity contribution in [2.45, 2.75) is 37.5 Å². The average Bonchev–Trinajstić information content (AvgIpc) is 3.13. The third-order valence-electron chi connectivity index (χ3n) is 4.70. The molecule has 26 heavy (non-hydrogen) atoms. The Balaban J connectivity index is 1.90. The number of hydrogen-bond donors (Lipinski definition) is 1. The minimum absolute atomic E-state index is 0.0409. The number of imidazole rings is 1. The van der Waals surface area contributed by atoms with Gasteiger partial charge in [-0.3, -0.25) is 4.79 Å². The number of aromatic nitrogens is 2. The van der Waals surface area contributed by atoms with Crippen LogP contribution >= 0.6 is 11.8 Å². The van der Waals surface area contributed by atoms with Gasteiger partial charge in [0.1, 0.15) is 11.6 Å². The maximum absolute atomic E-state index is 14.0. The highest BCUT2D eigenvalue weighted by molar-refractivity contribution is 7.99. The molecule has 1 fully saturated rings. The zero-order chi connectivity index (χ0) is 18.8. The molecule has 4 nitrogen and oxygen atoms in total. The summed E-state index contributed by atoms with van der Waals surface area (Å²) in [6, 6.07) is 1.09. The fourth-order valence-corrected chi connectivity index (χ4v) is 3.52. The molecule has 1 amide bonds. The standard InChI is InChI=1S/C18H20F3N3OS/c1-10(26-2)18(25)24-6-4-3-5-16(24)17-22-9-15(23-17)11-7-13(20)14(21)8-12(11)19/h7-10,16H,3-6H2,1-2H3,(H,22,23). The van der Waals surface area contributed by atoms with E-state index in [1.54, 1.807) is 4.90 Å². The number of carbonyl (C=O) groups excluding carboxylic acids is 1. The van der Waals surface area contributed by atoms with Crippen molar-refractivity contribution in [1.82, 2.24) is 14.9 Å². The van der Waals surface area contributed by atoms with Crippen molar-refractivity contribution in [1.29, 1.82) is 0 Å². The number of halogens is 3. The maximum Gasteiger partial charge on any atom is 0.236 e. The van der Waals surface area contributed by atoms with E-state index in [9.17, 15) is 18.0 Å². The predicted molar refractivity (Wildman–Crippen MR) is 95.2 cm³/mol. The highest BCUT2D eigenvalue weighted by Crippen LogP contribution is 2.32. The molecule has 0 saturated carbocycles. The first-order valence-electron chi connectivity index (χ1n) is 8.45. The van der Waals surface area contributed by atoms with Gasteiger partial charge >= 0.3 is 0 Å². The van der Waals surface area contributed by atoms with E-state index in [1.165, 1.54) is 18.0 Å². The lowest BCUT2D eigenvalue weighted by atomic mass is 10.0. The first kappa shape index (κ1) is 18.8. The minimum atomic E-state index is -1.24. The van der Waals surface area contributed by atoms with Gasteiger partial charge < -0.3 is 9.88 Å². The Morgan fingerprint density at radius 2 is 2.00 bits per heavy atom. The molecule has 0 spiro atoms. The summed E-state index contributed by atoms with van der Waals surface area (Å²) in [4.78, 5) is 21.7. The number of thioether (sulfide) groups is 1. The molecule has 1 aromatic carbocycles. The topological polar surface area (TPSA) is 49.0 Å². The second kappa shape index (κ2) is 7.73. The van der Waals surface area contributed by atoms with Gasteiger partial charge in [0, 0.05) is 18.2 Å².